The lowest BCUT2D eigenvalue weighted by Gasteiger charge is -2.32. The first-order valence-corrected chi connectivity index (χ1v) is 14.5. The molecule has 4 rings (SSSR count). The third-order valence-electron chi connectivity index (χ3n) is 7.76. The molecule has 0 bridgehead atoms. The highest BCUT2D eigenvalue weighted by atomic mass is 16.5. The lowest BCUT2D eigenvalue weighted by molar-refractivity contribution is -0.139. The van der Waals surface area contributed by atoms with Crippen molar-refractivity contribution in [2.24, 2.45) is 0 Å². The van der Waals surface area contributed by atoms with Gasteiger partial charge in [-0.3, -0.25) is 0 Å². The Hall–Kier alpha value is -5.39. The Bertz CT molecular complexity index is 1660. The molecule has 0 amide bonds. The maximum absolute atomic E-state index is 13.9. The molecule has 0 fully saturated rings. The second kappa shape index (κ2) is 14.8. The number of carbonyl (C=O) groups is 1. The van der Waals surface area contributed by atoms with Crippen LogP contribution in [0.5, 0.6) is 51.7 Å². The first-order chi connectivity index (χ1) is 22.7. The van der Waals surface area contributed by atoms with Crippen LogP contribution in [-0.2, 0) is 9.53 Å². The number of allylic oxidation sites excluding steroid dienone is 1. The summed E-state index contributed by atoms with van der Waals surface area (Å²) in [6.45, 7) is 1.74. The quantitative estimate of drug-likeness (QED) is 0.223. The third-order valence-corrected chi connectivity index (χ3v) is 7.76. The fourth-order valence-electron chi connectivity index (χ4n) is 5.76. The number of methoxy groups -OCH3 is 9. The van der Waals surface area contributed by atoms with E-state index >= 15 is 0 Å². The zero-order valence-electron chi connectivity index (χ0n) is 28.2. The van der Waals surface area contributed by atoms with Crippen LogP contribution in [0.1, 0.15) is 35.1 Å². The van der Waals surface area contributed by atoms with Crippen molar-refractivity contribution in [1.29, 1.82) is 0 Å². The topological polar surface area (TPSA) is 130 Å². The van der Waals surface area contributed by atoms with Gasteiger partial charge < -0.3 is 52.5 Å². The molecule has 0 aliphatic heterocycles. The van der Waals surface area contributed by atoms with Crippen LogP contribution in [0.2, 0.25) is 0 Å². The minimum absolute atomic E-state index is 0.0550. The maximum Gasteiger partial charge on any atom is 0.338 e. The molecule has 1 N–H and O–H groups in total. The van der Waals surface area contributed by atoms with Crippen molar-refractivity contribution in [2.75, 3.05) is 70.6 Å². The molecule has 3 aromatic carbocycles. The van der Waals surface area contributed by atoms with Crippen LogP contribution in [0, 0.1) is 0 Å². The van der Waals surface area contributed by atoms with E-state index in [4.69, 9.17) is 47.4 Å². The second-order valence-electron chi connectivity index (χ2n) is 10.00. The number of aliphatic hydroxyl groups is 1. The fourth-order valence-corrected chi connectivity index (χ4v) is 5.76. The van der Waals surface area contributed by atoms with Crippen LogP contribution < -0.4 is 42.6 Å². The number of esters is 1. The molecule has 0 heterocycles. The largest absolute Gasteiger partial charge is 0.507 e. The van der Waals surface area contributed by atoms with Gasteiger partial charge in [0, 0.05) is 17.1 Å². The Morgan fingerprint density at radius 1 is 0.638 bits per heavy atom. The van der Waals surface area contributed by atoms with Crippen LogP contribution >= 0.6 is 0 Å². The normalized spacial score (nSPS) is 14.6. The van der Waals surface area contributed by atoms with E-state index in [-0.39, 0.29) is 35.0 Å². The highest BCUT2D eigenvalue weighted by molar-refractivity contribution is 6.04. The third kappa shape index (κ3) is 6.10. The summed E-state index contributed by atoms with van der Waals surface area (Å²) in [5.74, 6) is 1.03. The van der Waals surface area contributed by atoms with Gasteiger partial charge in [0.25, 0.3) is 0 Å². The van der Waals surface area contributed by atoms with Gasteiger partial charge in [0.1, 0.15) is 5.76 Å². The Balaban J connectivity index is 2.22. The van der Waals surface area contributed by atoms with Crippen LogP contribution in [0.4, 0.5) is 0 Å². The highest BCUT2D eigenvalue weighted by Crippen LogP contribution is 2.56. The number of hydrogen-bond donors (Lipinski definition) is 1. The van der Waals surface area contributed by atoms with E-state index in [1.165, 1.54) is 64.0 Å². The Morgan fingerprint density at radius 3 is 1.51 bits per heavy atom. The molecular formula is C35H40O12. The summed E-state index contributed by atoms with van der Waals surface area (Å²) in [7, 11) is 13.4. The Labute approximate surface area is 273 Å². The van der Waals surface area contributed by atoms with E-state index in [0.29, 0.717) is 62.5 Å². The molecule has 3 aromatic rings. The van der Waals surface area contributed by atoms with Crippen LogP contribution in [0.3, 0.4) is 0 Å². The van der Waals surface area contributed by atoms with E-state index < -0.39 is 11.9 Å². The van der Waals surface area contributed by atoms with Gasteiger partial charge in [-0.25, -0.2) is 4.79 Å². The smallest absolute Gasteiger partial charge is 0.338 e. The fraction of sp³-hybridized carbons (Fsp3) is 0.343. The lowest BCUT2D eigenvalue weighted by Crippen LogP contribution is -2.24. The number of carbonyl (C=O) groups excluding carboxylic acids is 1. The number of hydrogen-bond acceptors (Lipinski definition) is 12. The average molecular weight is 653 g/mol. The number of benzene rings is 3. The number of rotatable bonds is 13. The summed E-state index contributed by atoms with van der Waals surface area (Å²) in [6, 6.07) is 8.55. The van der Waals surface area contributed by atoms with Crippen molar-refractivity contribution in [1.82, 2.24) is 0 Å². The van der Waals surface area contributed by atoms with E-state index in [1.807, 2.05) is 0 Å². The molecule has 0 aromatic heterocycles. The summed E-state index contributed by atoms with van der Waals surface area (Å²) in [4.78, 5) is 13.9. The number of aliphatic hydroxyl groups excluding tert-OH is 1. The second-order valence-corrected chi connectivity index (χ2v) is 10.00. The summed E-state index contributed by atoms with van der Waals surface area (Å²) in [5.41, 5.74) is 2.25. The zero-order valence-corrected chi connectivity index (χ0v) is 28.2. The highest BCUT2D eigenvalue weighted by Gasteiger charge is 2.42. The molecule has 1 unspecified atom stereocenters. The SMILES string of the molecule is CCOC(=O)C1=C(O)/C(=C/c2cc(OC)c(OC)c(OC)c2)c2cc(OC)c(OC)c(OC)c2C1c1cc(OC)c(OC)c(OC)c1. The minimum Gasteiger partial charge on any atom is -0.507 e. The van der Waals surface area contributed by atoms with E-state index in [2.05, 4.69) is 0 Å². The van der Waals surface area contributed by atoms with E-state index in [1.54, 1.807) is 43.3 Å². The molecule has 1 atom stereocenters. The van der Waals surface area contributed by atoms with Gasteiger partial charge in [-0.1, -0.05) is 0 Å². The van der Waals surface area contributed by atoms with Gasteiger partial charge in [-0.2, -0.15) is 0 Å². The number of ether oxygens (including phenoxy) is 10. The molecule has 12 heteroatoms. The summed E-state index contributed by atoms with van der Waals surface area (Å²) >= 11 is 0. The Kier molecular flexibility index (Phi) is 10.9. The monoisotopic (exact) mass is 652 g/mol. The average Bonchev–Trinajstić information content (AvgIpc) is 3.10. The molecule has 47 heavy (non-hydrogen) atoms. The van der Waals surface area contributed by atoms with Gasteiger partial charge in [-0.05, 0) is 60.0 Å². The van der Waals surface area contributed by atoms with Gasteiger partial charge in [0.15, 0.2) is 34.5 Å². The van der Waals surface area contributed by atoms with Crippen molar-refractivity contribution >= 4 is 17.6 Å². The summed E-state index contributed by atoms with van der Waals surface area (Å²) in [6.07, 6.45) is 1.69. The number of fused-ring (bicyclic) bond motifs is 1. The van der Waals surface area contributed by atoms with Gasteiger partial charge >= 0.3 is 5.97 Å². The Morgan fingerprint density at radius 2 is 1.09 bits per heavy atom. The maximum atomic E-state index is 13.9. The van der Waals surface area contributed by atoms with Crippen LogP contribution in [0.15, 0.2) is 41.7 Å². The van der Waals surface area contributed by atoms with Crippen molar-refractivity contribution in [3.8, 4) is 51.7 Å². The summed E-state index contributed by atoms with van der Waals surface area (Å²) in [5, 5.41) is 12.2. The molecule has 0 saturated heterocycles. The lowest BCUT2D eigenvalue weighted by atomic mass is 9.73. The first kappa shape index (κ1) is 34.5. The molecule has 0 saturated carbocycles. The van der Waals surface area contributed by atoms with Crippen molar-refractivity contribution < 1.29 is 57.3 Å². The molecule has 0 radical (unpaired) electrons. The molecule has 252 valence electrons. The predicted molar refractivity (Wildman–Crippen MR) is 174 cm³/mol. The predicted octanol–water partition coefficient (Wildman–Crippen LogP) is 5.83. The van der Waals surface area contributed by atoms with Crippen molar-refractivity contribution in [3.63, 3.8) is 0 Å². The van der Waals surface area contributed by atoms with Gasteiger partial charge in [0.2, 0.25) is 17.2 Å². The first-order valence-electron chi connectivity index (χ1n) is 14.5. The van der Waals surface area contributed by atoms with Crippen molar-refractivity contribution in [2.45, 2.75) is 12.8 Å². The van der Waals surface area contributed by atoms with Gasteiger partial charge in [-0.15, -0.1) is 0 Å². The zero-order chi connectivity index (χ0) is 34.4. The molecule has 0 spiro atoms. The molecule has 1 aliphatic rings. The standard InChI is InChI=1S/C35H40O12/c1-11-47-35(37)29-27(19-15-24(40-4)32(44-8)25(16-19)41-5)28-20(17-26(42-6)33(45-9)34(28)46-10)21(30(29)36)12-18-13-22(38-2)31(43-7)23(14-18)39-3/h12-17,27,36H,11H2,1-10H3/b21-12+. The van der Waals surface area contributed by atoms with Gasteiger partial charge in [0.05, 0.1) is 76.2 Å². The van der Waals surface area contributed by atoms with Crippen LogP contribution in [0.25, 0.3) is 11.6 Å². The molecule has 12 nitrogen and oxygen atoms in total. The molecule has 1 aliphatic carbocycles. The minimum atomic E-state index is -0.968. The molecular weight excluding hydrogens is 612 g/mol. The van der Waals surface area contributed by atoms with E-state index in [0.717, 1.165) is 0 Å². The van der Waals surface area contributed by atoms with E-state index in [9.17, 15) is 9.90 Å². The van der Waals surface area contributed by atoms with Crippen molar-refractivity contribution in [3.05, 3.63) is 63.9 Å². The van der Waals surface area contributed by atoms with Crippen LogP contribution in [-0.4, -0.2) is 81.7 Å². The summed E-state index contributed by atoms with van der Waals surface area (Å²) < 4.78 is 56.4.